The molecular weight excluding hydrogens is 262 g/mol. The van der Waals surface area contributed by atoms with E-state index in [4.69, 9.17) is 0 Å². The lowest BCUT2D eigenvalue weighted by molar-refractivity contribution is -0.130. The summed E-state index contributed by atoms with van der Waals surface area (Å²) in [5.41, 5.74) is 0.990. The third-order valence-corrected chi connectivity index (χ3v) is 5.21. The van der Waals surface area contributed by atoms with Crippen molar-refractivity contribution >= 4 is 5.91 Å². The fourth-order valence-electron chi connectivity index (χ4n) is 3.97. The quantitative estimate of drug-likeness (QED) is 0.897. The van der Waals surface area contributed by atoms with Crippen molar-refractivity contribution in [2.75, 3.05) is 0 Å². The van der Waals surface area contributed by atoms with E-state index < -0.39 is 6.10 Å². The summed E-state index contributed by atoms with van der Waals surface area (Å²) in [4.78, 5) is 12.6. The molecule has 21 heavy (non-hydrogen) atoms. The second-order valence-electron chi connectivity index (χ2n) is 6.60. The first kappa shape index (κ1) is 14.6. The monoisotopic (exact) mass is 287 g/mol. The molecule has 1 aromatic carbocycles. The van der Waals surface area contributed by atoms with Crippen molar-refractivity contribution < 1.29 is 9.90 Å². The molecule has 2 fully saturated rings. The number of hydrogen-bond donors (Lipinski definition) is 2. The number of carbonyl (C=O) groups excluding carboxylic acids is 1. The zero-order valence-electron chi connectivity index (χ0n) is 12.6. The van der Waals surface area contributed by atoms with Crippen LogP contribution < -0.4 is 5.32 Å². The van der Waals surface area contributed by atoms with E-state index in [-0.39, 0.29) is 17.4 Å². The molecule has 2 N–H and O–H groups in total. The Labute approximate surface area is 126 Å². The van der Waals surface area contributed by atoms with Crippen LogP contribution in [0.5, 0.6) is 0 Å². The number of carbonyl (C=O) groups is 1. The van der Waals surface area contributed by atoms with Gasteiger partial charge in [0.1, 0.15) is 0 Å². The zero-order valence-corrected chi connectivity index (χ0v) is 12.6. The van der Waals surface area contributed by atoms with Crippen molar-refractivity contribution in [2.24, 2.45) is 5.92 Å². The minimum absolute atomic E-state index is 0.0470. The predicted molar refractivity (Wildman–Crippen MR) is 82.7 cm³/mol. The molecule has 0 radical (unpaired) electrons. The van der Waals surface area contributed by atoms with Crippen molar-refractivity contribution in [3.63, 3.8) is 0 Å². The third kappa shape index (κ3) is 2.98. The Morgan fingerprint density at radius 3 is 2.38 bits per heavy atom. The van der Waals surface area contributed by atoms with Crippen molar-refractivity contribution in [2.45, 2.75) is 63.0 Å². The lowest BCUT2D eigenvalue weighted by atomic mass is 9.76. The van der Waals surface area contributed by atoms with Crippen molar-refractivity contribution in [3.05, 3.63) is 35.9 Å². The van der Waals surface area contributed by atoms with E-state index in [9.17, 15) is 9.90 Å². The Balaban J connectivity index is 1.81. The number of nitrogens with one attached hydrogen (secondary N) is 1. The first-order valence-electron chi connectivity index (χ1n) is 8.27. The van der Waals surface area contributed by atoms with Gasteiger partial charge in [0, 0.05) is 0 Å². The molecular formula is C18H25NO2. The molecule has 3 heteroatoms. The van der Waals surface area contributed by atoms with Gasteiger partial charge in [-0.3, -0.25) is 4.79 Å². The molecule has 2 aliphatic carbocycles. The number of aliphatic hydroxyl groups is 1. The highest BCUT2D eigenvalue weighted by Crippen LogP contribution is 2.38. The van der Waals surface area contributed by atoms with E-state index in [1.54, 1.807) is 0 Å². The first-order chi connectivity index (χ1) is 10.2. The lowest BCUT2D eigenvalue weighted by Crippen LogP contribution is -2.50. The molecule has 0 aromatic heterocycles. The molecule has 0 saturated heterocycles. The highest BCUT2D eigenvalue weighted by atomic mass is 16.3. The molecule has 2 unspecified atom stereocenters. The maximum atomic E-state index is 12.6. The Kier molecular flexibility index (Phi) is 4.29. The summed E-state index contributed by atoms with van der Waals surface area (Å²) in [6.45, 7) is 0. The van der Waals surface area contributed by atoms with Crippen molar-refractivity contribution in [1.29, 1.82) is 0 Å². The van der Waals surface area contributed by atoms with Crippen LogP contribution in [0.3, 0.4) is 0 Å². The van der Waals surface area contributed by atoms with Crippen LogP contribution in [-0.4, -0.2) is 17.1 Å². The lowest BCUT2D eigenvalue weighted by Gasteiger charge is -2.39. The van der Waals surface area contributed by atoms with Gasteiger partial charge < -0.3 is 10.4 Å². The fourth-order valence-corrected chi connectivity index (χ4v) is 3.97. The van der Waals surface area contributed by atoms with E-state index in [1.807, 2.05) is 18.2 Å². The van der Waals surface area contributed by atoms with Gasteiger partial charge in [-0.15, -0.1) is 0 Å². The van der Waals surface area contributed by atoms with Crippen molar-refractivity contribution in [3.8, 4) is 0 Å². The number of rotatable bonds is 3. The molecule has 1 amide bonds. The molecule has 0 bridgehead atoms. The summed E-state index contributed by atoms with van der Waals surface area (Å²) >= 11 is 0. The third-order valence-electron chi connectivity index (χ3n) is 5.21. The molecule has 2 aliphatic rings. The van der Waals surface area contributed by atoms with Crippen LogP contribution >= 0.6 is 0 Å². The molecule has 0 heterocycles. The van der Waals surface area contributed by atoms with Gasteiger partial charge in [0.2, 0.25) is 5.91 Å². The van der Waals surface area contributed by atoms with Crippen LogP contribution in [0.2, 0.25) is 0 Å². The minimum Gasteiger partial charge on any atom is -0.392 e. The molecule has 2 saturated carbocycles. The van der Waals surface area contributed by atoms with Gasteiger partial charge in [0.25, 0.3) is 0 Å². The maximum absolute atomic E-state index is 12.6. The van der Waals surface area contributed by atoms with Gasteiger partial charge in [-0.05, 0) is 37.7 Å². The van der Waals surface area contributed by atoms with E-state index in [1.165, 1.54) is 12.0 Å². The highest BCUT2D eigenvalue weighted by molar-refractivity contribution is 5.80. The second-order valence-corrected chi connectivity index (χ2v) is 6.60. The summed E-state index contributed by atoms with van der Waals surface area (Å²) in [6.07, 6.45) is 7.64. The summed E-state index contributed by atoms with van der Waals surface area (Å²) < 4.78 is 0. The molecule has 0 aliphatic heterocycles. The Morgan fingerprint density at radius 1 is 1.05 bits per heavy atom. The van der Waals surface area contributed by atoms with E-state index in [0.717, 1.165) is 44.9 Å². The summed E-state index contributed by atoms with van der Waals surface area (Å²) in [6, 6.07) is 10.3. The number of hydrogen-bond acceptors (Lipinski definition) is 2. The first-order valence-corrected chi connectivity index (χ1v) is 8.27. The molecule has 114 valence electrons. The minimum atomic E-state index is -0.457. The average Bonchev–Trinajstić information content (AvgIpc) is 2.95. The van der Waals surface area contributed by atoms with E-state index in [2.05, 4.69) is 17.4 Å². The van der Waals surface area contributed by atoms with E-state index >= 15 is 0 Å². The van der Waals surface area contributed by atoms with Crippen LogP contribution in [0, 0.1) is 5.92 Å². The summed E-state index contributed by atoms with van der Waals surface area (Å²) in [5, 5.41) is 13.3. The van der Waals surface area contributed by atoms with Crippen LogP contribution in [0.15, 0.2) is 30.3 Å². The molecule has 0 spiro atoms. The molecule has 1 aromatic rings. The topological polar surface area (TPSA) is 49.3 Å². The van der Waals surface area contributed by atoms with Crippen LogP contribution in [-0.2, 0) is 10.3 Å². The fraction of sp³-hybridized carbons (Fsp3) is 0.611. The number of benzene rings is 1. The molecule has 2 atom stereocenters. The SMILES string of the molecule is O=C(NC1(c2ccccc2)CCCCC1)C1CCCC1O. The Hall–Kier alpha value is -1.35. The number of aliphatic hydroxyl groups excluding tert-OH is 1. The van der Waals surface area contributed by atoms with Gasteiger partial charge >= 0.3 is 0 Å². The summed E-state index contributed by atoms with van der Waals surface area (Å²) in [5.74, 6) is -0.168. The van der Waals surface area contributed by atoms with Gasteiger partial charge in [-0.1, -0.05) is 49.6 Å². The molecule has 3 nitrogen and oxygen atoms in total. The van der Waals surface area contributed by atoms with Gasteiger partial charge in [0.15, 0.2) is 0 Å². The molecule has 3 rings (SSSR count). The normalized spacial score (nSPS) is 28.2. The Bertz CT molecular complexity index is 479. The predicted octanol–water partition coefficient (Wildman–Crippen LogP) is 3.12. The van der Waals surface area contributed by atoms with Gasteiger partial charge in [-0.25, -0.2) is 0 Å². The second kappa shape index (κ2) is 6.18. The average molecular weight is 287 g/mol. The maximum Gasteiger partial charge on any atom is 0.226 e. The number of amides is 1. The van der Waals surface area contributed by atoms with Crippen LogP contribution in [0.1, 0.15) is 56.9 Å². The van der Waals surface area contributed by atoms with E-state index in [0.29, 0.717) is 0 Å². The van der Waals surface area contributed by atoms with Crippen molar-refractivity contribution in [1.82, 2.24) is 5.32 Å². The smallest absolute Gasteiger partial charge is 0.226 e. The van der Waals surface area contributed by atoms with Crippen LogP contribution in [0.25, 0.3) is 0 Å². The highest BCUT2D eigenvalue weighted by Gasteiger charge is 2.39. The van der Waals surface area contributed by atoms with Gasteiger partial charge in [0.05, 0.1) is 17.6 Å². The standard InChI is InChI=1S/C18H25NO2/c20-16-11-7-10-15(16)17(21)19-18(12-5-2-6-13-18)14-8-3-1-4-9-14/h1,3-4,8-9,15-16,20H,2,5-7,10-13H2,(H,19,21). The Morgan fingerprint density at radius 2 is 1.76 bits per heavy atom. The van der Waals surface area contributed by atoms with Crippen LogP contribution in [0.4, 0.5) is 0 Å². The van der Waals surface area contributed by atoms with Gasteiger partial charge in [-0.2, -0.15) is 0 Å². The largest absolute Gasteiger partial charge is 0.392 e. The zero-order chi connectivity index (χ0) is 14.7. The summed E-state index contributed by atoms with van der Waals surface area (Å²) in [7, 11) is 0.